The molecule has 16 rings (SSSR count). The molecule has 135 heavy (non-hydrogen) atoms. The topological polar surface area (TPSA) is 132 Å². The van der Waals surface area contributed by atoms with E-state index in [9.17, 15) is 4.39 Å². The van der Waals surface area contributed by atoms with Gasteiger partial charge in [0.05, 0.1) is 88.3 Å². The van der Waals surface area contributed by atoms with Gasteiger partial charge in [-0.1, -0.05) is 343 Å². The van der Waals surface area contributed by atoms with Crippen LogP contribution in [0.2, 0.25) is 0 Å². The first-order chi connectivity index (χ1) is 61.3. The van der Waals surface area contributed by atoms with Gasteiger partial charge in [-0.05, 0) is 174 Å². The summed E-state index contributed by atoms with van der Waals surface area (Å²) < 4.78 is 34.4. The van der Waals surface area contributed by atoms with Crippen molar-refractivity contribution in [2.45, 2.75) is 571 Å². The fraction of sp³-hybridized carbons (Fsp3) is 0.822. The zero-order valence-electron chi connectivity index (χ0n) is 95.6. The van der Waals surface area contributed by atoms with E-state index < -0.39 is 0 Å². The molecular weight excluding hydrogens is 1680 g/mol. The number of thiazole rings is 1. The van der Waals surface area contributed by atoms with Gasteiger partial charge in [0.1, 0.15) is 5.69 Å². The van der Waals surface area contributed by atoms with Gasteiger partial charge >= 0.3 is 0 Å². The number of halogens is 1. The van der Waals surface area contributed by atoms with Crippen molar-refractivity contribution in [3.63, 3.8) is 0 Å². The normalized spacial score (nSPS) is 22.3. The molecule has 0 radical (unpaired) electrons. The predicted octanol–water partition coefficient (Wildman–Crippen LogP) is 31.9. The minimum absolute atomic E-state index is 0.0788. The van der Waals surface area contributed by atoms with Crippen LogP contribution in [-0.4, -0.2) is 101 Å². The van der Waals surface area contributed by atoms with E-state index in [-0.39, 0.29) is 87.7 Å². The van der Waals surface area contributed by atoms with Crippen LogP contribution in [0, 0.1) is 34.4 Å². The molecule has 0 amide bonds. The molecule has 0 bridgehead atoms. The number of nitrogens with zero attached hydrogens (tertiary/aromatic N) is 14. The van der Waals surface area contributed by atoms with E-state index in [0.29, 0.717) is 40.7 Å². The number of morpholine rings is 1. The fourth-order valence-electron chi connectivity index (χ4n) is 21.6. The Labute approximate surface area is 830 Å². The van der Waals surface area contributed by atoms with Gasteiger partial charge in [-0.3, -0.25) is 28.1 Å². The maximum absolute atomic E-state index is 14.9. The second kappa shape index (κ2) is 40.5. The molecule has 1 saturated heterocycles. The summed E-state index contributed by atoms with van der Waals surface area (Å²) in [6.07, 6.45) is 29.8. The Morgan fingerprint density at radius 2 is 0.778 bits per heavy atom. The SMILES string of the molecule is CC(C)(C)c1cc(C(C)(C)C)n(C2CC3(CCC3)C2)n1.CC(C)(C)c1cc(C(C)(C)C)n(C2CCCC23CC3)n1.CC(C)(C)c1nc(C2CCCC2)c(C(C)(C)C)s1.CC(C)(C)c1nn(C2CCCC2)c(C(C)(C)C)c1F.CC1CC(Cn2nc(C(C)(C)C)cc2C(C)(C)C)C1.CC1CC(n2nc(C(C)(C)C)cc2C(C)(C)C)C1.CN1CCOC(Cn2nc(C(C)(C)C)cc2C(C)(C)C)C1. The smallest absolute Gasteiger partial charge is 0.168 e. The summed E-state index contributed by atoms with van der Waals surface area (Å²) in [4.78, 5) is 8.91. The number of hydrogen-bond acceptors (Lipinski definition) is 10. The third kappa shape index (κ3) is 28.2. The highest BCUT2D eigenvalue weighted by Crippen LogP contribution is 2.64. The van der Waals surface area contributed by atoms with Crippen LogP contribution in [0.5, 0.6) is 0 Å². The molecule has 9 fully saturated rings. The summed E-state index contributed by atoms with van der Waals surface area (Å²) in [5.74, 6) is 3.26. The molecule has 7 aromatic heterocycles. The monoisotopic (exact) mass is 1880 g/mol. The van der Waals surface area contributed by atoms with Gasteiger partial charge < -0.3 is 9.64 Å². The quantitative estimate of drug-likeness (QED) is 0.139. The highest BCUT2D eigenvalue weighted by molar-refractivity contribution is 7.12. The van der Waals surface area contributed by atoms with E-state index >= 15 is 0 Å². The van der Waals surface area contributed by atoms with Crippen LogP contribution in [0.4, 0.5) is 4.39 Å². The first-order valence-corrected chi connectivity index (χ1v) is 54.7. The number of aromatic nitrogens is 13. The Morgan fingerprint density at radius 1 is 0.378 bits per heavy atom. The average molecular weight is 1890 g/mol. The summed E-state index contributed by atoms with van der Waals surface area (Å²) in [5, 5.41) is 30.8. The lowest BCUT2D eigenvalue weighted by Crippen LogP contribution is -2.44. The summed E-state index contributed by atoms with van der Waals surface area (Å²) in [6, 6.07) is 14.0. The van der Waals surface area contributed by atoms with Gasteiger partial charge in [0, 0.05) is 129 Å². The number of likely N-dealkylation sites (N-methyl/N-ethyl adjacent to an activating group) is 1. The lowest BCUT2D eigenvalue weighted by atomic mass is 9.54. The van der Waals surface area contributed by atoms with Crippen LogP contribution in [-0.2, 0) is 93.6 Å². The van der Waals surface area contributed by atoms with Crippen molar-refractivity contribution in [3.8, 4) is 0 Å². The van der Waals surface area contributed by atoms with Crippen molar-refractivity contribution >= 4 is 11.3 Å². The summed E-state index contributed by atoms with van der Waals surface area (Å²) >= 11 is 1.95. The lowest BCUT2D eigenvalue weighted by molar-refractivity contribution is -0.0297. The van der Waals surface area contributed by atoms with Crippen molar-refractivity contribution in [2.24, 2.45) is 28.6 Å². The number of ether oxygens (including phenoxy) is 1. The molecule has 15 nitrogen and oxygen atoms in total. The van der Waals surface area contributed by atoms with Crippen LogP contribution in [0.3, 0.4) is 0 Å². The Kier molecular flexibility index (Phi) is 33.5. The van der Waals surface area contributed by atoms with Crippen molar-refractivity contribution < 1.29 is 9.13 Å². The van der Waals surface area contributed by atoms with Gasteiger partial charge in [0.2, 0.25) is 0 Å². The predicted molar refractivity (Wildman–Crippen MR) is 572 cm³/mol. The van der Waals surface area contributed by atoms with E-state index in [1.165, 1.54) is 195 Å². The molecule has 2 unspecified atom stereocenters. The molecule has 7 aromatic rings. The molecule has 8 heterocycles. The molecule has 764 valence electrons. The van der Waals surface area contributed by atoms with Crippen LogP contribution >= 0.6 is 11.3 Å². The third-order valence-electron chi connectivity index (χ3n) is 30.6. The average Bonchev–Trinajstić information content (AvgIpc) is 1.61. The van der Waals surface area contributed by atoms with E-state index in [1.807, 2.05) is 36.8 Å². The third-order valence-corrected chi connectivity index (χ3v) is 32.5. The van der Waals surface area contributed by atoms with Gasteiger partial charge in [-0.15, -0.1) is 11.3 Å². The molecule has 2 spiro atoms. The lowest BCUT2D eigenvalue weighted by Gasteiger charge is -2.54. The molecule has 9 aliphatic rings. The molecule has 8 saturated carbocycles. The molecule has 0 aromatic carbocycles. The zero-order chi connectivity index (χ0) is 101. The van der Waals surface area contributed by atoms with Crippen LogP contribution in [0.1, 0.15) is 560 Å². The van der Waals surface area contributed by atoms with E-state index in [2.05, 4.69) is 355 Å². The molecule has 8 aliphatic carbocycles. The van der Waals surface area contributed by atoms with Crippen molar-refractivity contribution in [2.75, 3.05) is 26.7 Å². The highest BCUT2D eigenvalue weighted by Gasteiger charge is 2.55. The number of rotatable bonds is 9. The molecule has 17 heteroatoms. The zero-order valence-corrected chi connectivity index (χ0v) is 96.4. The van der Waals surface area contributed by atoms with Crippen molar-refractivity contribution in [1.29, 1.82) is 0 Å². The van der Waals surface area contributed by atoms with Crippen LogP contribution in [0.25, 0.3) is 0 Å². The Bertz CT molecular complexity index is 4970. The first-order valence-electron chi connectivity index (χ1n) is 53.9. The second-order valence-corrected chi connectivity index (χ2v) is 60.0. The summed E-state index contributed by atoms with van der Waals surface area (Å²) in [5.41, 5.74) is 18.6. The van der Waals surface area contributed by atoms with Crippen LogP contribution < -0.4 is 0 Å². The number of hydrogen-bond donors (Lipinski definition) is 0. The minimum Gasteiger partial charge on any atom is -0.374 e. The Hall–Kier alpha value is -5.26. The second-order valence-electron chi connectivity index (χ2n) is 59.0. The highest BCUT2D eigenvalue weighted by atomic mass is 32.1. The van der Waals surface area contributed by atoms with E-state index in [0.717, 1.165) is 80.7 Å². The van der Waals surface area contributed by atoms with Gasteiger partial charge in [-0.25, -0.2) is 9.37 Å². The fourth-order valence-corrected chi connectivity index (χ4v) is 22.9. The maximum Gasteiger partial charge on any atom is 0.168 e. The van der Waals surface area contributed by atoms with Gasteiger partial charge in [0.15, 0.2) is 5.82 Å². The van der Waals surface area contributed by atoms with Gasteiger partial charge in [0.25, 0.3) is 0 Å². The summed E-state index contributed by atoms with van der Waals surface area (Å²) in [6.45, 7) is 104. The molecular formula is C118H203FN14OS. The minimum atomic E-state index is -0.242. The molecule has 2 atom stereocenters. The molecule has 0 N–H and O–H groups in total. The van der Waals surface area contributed by atoms with Crippen LogP contribution in [0.15, 0.2) is 30.3 Å². The van der Waals surface area contributed by atoms with Crippen molar-refractivity contribution in [3.05, 3.63) is 120 Å². The maximum atomic E-state index is 14.9. The largest absolute Gasteiger partial charge is 0.374 e. The van der Waals surface area contributed by atoms with E-state index in [1.54, 1.807) is 0 Å². The molecule has 1 aliphatic heterocycles. The van der Waals surface area contributed by atoms with E-state index in [4.69, 9.17) is 35.2 Å². The standard InChI is InChI=1S/2C18H30N2.C17H31N3O.C17H30N2.C16H27FN2.C16H28N2.C16H27NS/c1-16(2,3)14-10-15(17(4,5)6)20(19-14)13-11-18(12-13)8-7-9-18;1-16(2,3)13-12-15(17(4,5)6)20(19-13)14-8-7-9-18(14)10-11-18;1-16(2,3)14-10-15(17(4,5)6)20(18-14)12-13-11-19(7)8-9-21-13;1-12-8-13(9-12)11-19-15(17(5,6)7)10-14(18-19)16(2,3)4;1-15(2,3)13-12(17)14(16(4,5)6)19(18-13)11-9-7-8-10-11;1-11-8-12(9-11)18-14(16(5,6)7)10-13(17-18)15(2,3)4;1-15(2,3)13-12(11-9-7-8-10-11)17-14(18-13)16(4,5)6/h10,13H,7-9,11-12H2,1-6H3;12,14H,7-11H2,1-6H3;10,13H,8-9,11-12H2,1-7H3;10,12-13H,8-9,11H2,1-7H3;11H,7-10H2,1-6H3;10-12H,8-9H2,1-7H3;11H,7-10H2,1-6H3. The Balaban J connectivity index is 0.000000163. The Morgan fingerprint density at radius 3 is 1.15 bits per heavy atom. The summed E-state index contributed by atoms with van der Waals surface area (Å²) in [7, 11) is 2.16. The first kappa shape index (κ1) is 112. The van der Waals surface area contributed by atoms with Gasteiger partial charge in [-0.2, -0.15) is 30.6 Å². The van der Waals surface area contributed by atoms with Crippen molar-refractivity contribution in [1.82, 2.24) is 68.6 Å².